The molecule has 19 heavy (non-hydrogen) atoms. The Morgan fingerprint density at radius 2 is 2.16 bits per heavy atom. The van der Waals surface area contributed by atoms with Crippen LogP contribution in [0, 0.1) is 0 Å². The van der Waals surface area contributed by atoms with E-state index in [9.17, 15) is 4.79 Å². The maximum atomic E-state index is 10.8. The molecule has 1 saturated heterocycles. The average Bonchev–Trinajstić information content (AvgIpc) is 2.35. The third-order valence-electron chi connectivity index (χ3n) is 2.73. The number of hydrogen-bond acceptors (Lipinski definition) is 6. The summed E-state index contributed by atoms with van der Waals surface area (Å²) in [4.78, 5) is 21.4. The molecule has 104 valence electrons. The molecule has 0 spiro atoms. The second kappa shape index (κ2) is 6.21. The van der Waals surface area contributed by atoms with E-state index in [2.05, 4.69) is 14.9 Å². The average molecular weight is 282 g/mol. The summed E-state index contributed by atoms with van der Waals surface area (Å²) in [6, 6.07) is 1.89. The number of morpholine rings is 1. The first-order chi connectivity index (χ1) is 9.04. The third kappa shape index (κ3) is 4.07. The number of nitrogens with zero attached hydrogens (tertiary/aromatic N) is 3. The van der Waals surface area contributed by atoms with E-state index < -0.39 is 0 Å². The smallest absolute Gasteiger partial charge is 0.227 e. The van der Waals surface area contributed by atoms with Crippen LogP contribution in [0.3, 0.4) is 0 Å². The van der Waals surface area contributed by atoms with Crippen LogP contribution >= 0.6 is 11.8 Å². The predicted octanol–water partition coefficient (Wildman–Crippen LogP) is 0.668. The lowest BCUT2D eigenvalue weighted by atomic mass is 10.2. The standard InChI is InChI=1S/C12H18N4O2S/c1-8-4-16(5-9(2)18-8)11-3-12(15-7-14-11)19-6-10(13)17/h3,7-9H,4-6H2,1-2H3,(H2,13,17). The fraction of sp³-hybridized carbons (Fsp3) is 0.583. The van der Waals surface area contributed by atoms with E-state index in [1.807, 2.05) is 19.9 Å². The summed E-state index contributed by atoms with van der Waals surface area (Å²) in [5.74, 6) is 0.745. The highest BCUT2D eigenvalue weighted by molar-refractivity contribution is 7.99. The van der Waals surface area contributed by atoms with E-state index >= 15 is 0 Å². The fourth-order valence-electron chi connectivity index (χ4n) is 2.09. The van der Waals surface area contributed by atoms with Crippen molar-refractivity contribution in [2.75, 3.05) is 23.7 Å². The number of nitrogens with two attached hydrogens (primary N) is 1. The Hall–Kier alpha value is -1.34. The molecule has 1 fully saturated rings. The largest absolute Gasteiger partial charge is 0.372 e. The summed E-state index contributed by atoms with van der Waals surface area (Å²) in [5.41, 5.74) is 5.13. The fourth-order valence-corrected chi connectivity index (χ4v) is 2.69. The molecule has 0 bridgehead atoms. The summed E-state index contributed by atoms with van der Waals surface area (Å²) in [5, 5.41) is 0.760. The van der Waals surface area contributed by atoms with Gasteiger partial charge in [-0.2, -0.15) is 0 Å². The minimum Gasteiger partial charge on any atom is -0.372 e. The van der Waals surface area contributed by atoms with Gasteiger partial charge in [0, 0.05) is 19.2 Å². The molecule has 2 rings (SSSR count). The van der Waals surface area contributed by atoms with Crippen molar-refractivity contribution >= 4 is 23.5 Å². The number of hydrogen-bond donors (Lipinski definition) is 1. The molecule has 0 aliphatic carbocycles. The van der Waals surface area contributed by atoms with Gasteiger partial charge in [0.05, 0.1) is 18.0 Å². The van der Waals surface area contributed by atoms with Crippen molar-refractivity contribution in [1.82, 2.24) is 9.97 Å². The van der Waals surface area contributed by atoms with E-state index in [-0.39, 0.29) is 23.9 Å². The van der Waals surface area contributed by atoms with Gasteiger partial charge in [-0.05, 0) is 13.8 Å². The van der Waals surface area contributed by atoms with Crippen LogP contribution in [0.5, 0.6) is 0 Å². The Labute approximate surface area is 116 Å². The first-order valence-corrected chi connectivity index (χ1v) is 7.16. The van der Waals surface area contributed by atoms with E-state index in [1.54, 1.807) is 0 Å². The van der Waals surface area contributed by atoms with Crippen LogP contribution in [0.25, 0.3) is 0 Å². The lowest BCUT2D eigenvalue weighted by molar-refractivity contribution is -0.115. The molecule has 1 aromatic rings. The molecule has 2 atom stereocenters. The number of rotatable bonds is 4. The maximum Gasteiger partial charge on any atom is 0.227 e. The minimum absolute atomic E-state index is 0.181. The second-order valence-electron chi connectivity index (χ2n) is 4.63. The van der Waals surface area contributed by atoms with Crippen molar-refractivity contribution in [1.29, 1.82) is 0 Å². The molecule has 7 heteroatoms. The first kappa shape index (κ1) is 14.1. The van der Waals surface area contributed by atoms with Crippen LogP contribution in [-0.4, -0.2) is 46.9 Å². The zero-order valence-corrected chi connectivity index (χ0v) is 11.9. The van der Waals surface area contributed by atoms with E-state index in [0.29, 0.717) is 0 Å². The molecular weight excluding hydrogens is 264 g/mol. The topological polar surface area (TPSA) is 81.3 Å². The Balaban J connectivity index is 2.07. The van der Waals surface area contributed by atoms with E-state index in [4.69, 9.17) is 10.5 Å². The number of carbonyl (C=O) groups excluding carboxylic acids is 1. The first-order valence-electron chi connectivity index (χ1n) is 6.18. The van der Waals surface area contributed by atoms with E-state index in [0.717, 1.165) is 23.9 Å². The molecule has 1 aromatic heterocycles. The molecular formula is C12H18N4O2S. The Bertz CT molecular complexity index is 447. The SMILES string of the molecule is CC1CN(c2cc(SCC(N)=O)ncn2)CC(C)O1. The lowest BCUT2D eigenvalue weighted by Crippen LogP contribution is -2.45. The van der Waals surface area contributed by atoms with Gasteiger partial charge in [0.2, 0.25) is 5.91 Å². The minimum atomic E-state index is -0.348. The third-order valence-corrected chi connectivity index (χ3v) is 3.68. The predicted molar refractivity (Wildman–Crippen MR) is 74.2 cm³/mol. The monoisotopic (exact) mass is 282 g/mol. The van der Waals surface area contributed by atoms with Gasteiger partial charge < -0.3 is 15.4 Å². The molecule has 1 aliphatic rings. The summed E-state index contributed by atoms with van der Waals surface area (Å²) >= 11 is 1.32. The number of aromatic nitrogens is 2. The van der Waals surface area contributed by atoms with Gasteiger partial charge in [0.1, 0.15) is 17.2 Å². The number of anilines is 1. The zero-order chi connectivity index (χ0) is 13.8. The highest BCUT2D eigenvalue weighted by atomic mass is 32.2. The molecule has 6 nitrogen and oxygen atoms in total. The van der Waals surface area contributed by atoms with Gasteiger partial charge in [0.25, 0.3) is 0 Å². The summed E-state index contributed by atoms with van der Waals surface area (Å²) < 4.78 is 5.70. The van der Waals surface area contributed by atoms with Crippen LogP contribution < -0.4 is 10.6 Å². The van der Waals surface area contributed by atoms with Crippen molar-refractivity contribution in [3.63, 3.8) is 0 Å². The number of primary amides is 1. The Morgan fingerprint density at radius 1 is 1.47 bits per heavy atom. The normalized spacial score (nSPS) is 23.4. The van der Waals surface area contributed by atoms with Gasteiger partial charge in [-0.3, -0.25) is 4.79 Å². The molecule has 1 amide bonds. The van der Waals surface area contributed by atoms with Crippen LogP contribution in [0.4, 0.5) is 5.82 Å². The quantitative estimate of drug-likeness (QED) is 0.645. The number of ether oxygens (including phenoxy) is 1. The molecule has 0 aromatic carbocycles. The van der Waals surface area contributed by atoms with Crippen LogP contribution in [0.1, 0.15) is 13.8 Å². The molecule has 0 radical (unpaired) electrons. The summed E-state index contributed by atoms with van der Waals surface area (Å²) in [6.45, 7) is 5.71. The number of amides is 1. The second-order valence-corrected chi connectivity index (χ2v) is 5.63. The molecule has 2 heterocycles. The van der Waals surface area contributed by atoms with Crippen molar-refractivity contribution in [3.05, 3.63) is 12.4 Å². The highest BCUT2D eigenvalue weighted by Crippen LogP contribution is 2.22. The molecule has 2 unspecified atom stereocenters. The van der Waals surface area contributed by atoms with E-state index in [1.165, 1.54) is 18.1 Å². The van der Waals surface area contributed by atoms with Crippen LogP contribution in [0.2, 0.25) is 0 Å². The molecule has 0 saturated carbocycles. The van der Waals surface area contributed by atoms with Gasteiger partial charge >= 0.3 is 0 Å². The van der Waals surface area contributed by atoms with Gasteiger partial charge in [-0.15, -0.1) is 0 Å². The summed E-state index contributed by atoms with van der Waals surface area (Å²) in [7, 11) is 0. The number of carbonyl (C=O) groups is 1. The van der Waals surface area contributed by atoms with Gasteiger partial charge in [-0.25, -0.2) is 9.97 Å². The van der Waals surface area contributed by atoms with Crippen LogP contribution in [-0.2, 0) is 9.53 Å². The molecule has 1 aliphatic heterocycles. The number of thioether (sulfide) groups is 1. The van der Waals surface area contributed by atoms with Gasteiger partial charge in [0.15, 0.2) is 0 Å². The van der Waals surface area contributed by atoms with Gasteiger partial charge in [-0.1, -0.05) is 11.8 Å². The van der Waals surface area contributed by atoms with Crippen LogP contribution in [0.15, 0.2) is 17.4 Å². The maximum absolute atomic E-state index is 10.8. The lowest BCUT2D eigenvalue weighted by Gasteiger charge is -2.36. The van der Waals surface area contributed by atoms with Crippen molar-refractivity contribution in [2.45, 2.75) is 31.1 Å². The van der Waals surface area contributed by atoms with Crippen molar-refractivity contribution in [3.8, 4) is 0 Å². The Kier molecular flexibility index (Phi) is 4.60. The Morgan fingerprint density at radius 3 is 2.79 bits per heavy atom. The van der Waals surface area contributed by atoms with Crippen molar-refractivity contribution < 1.29 is 9.53 Å². The summed E-state index contributed by atoms with van der Waals surface area (Å²) in [6.07, 6.45) is 1.88. The van der Waals surface area contributed by atoms with Crippen molar-refractivity contribution in [2.24, 2.45) is 5.73 Å². The zero-order valence-electron chi connectivity index (χ0n) is 11.1. The highest BCUT2D eigenvalue weighted by Gasteiger charge is 2.23. The molecule has 2 N–H and O–H groups in total.